The van der Waals surface area contributed by atoms with Gasteiger partial charge in [-0.2, -0.15) is 17.0 Å². The third kappa shape index (κ3) is 3.78. The zero-order valence-corrected chi connectivity index (χ0v) is 15.0. The number of benzene rings is 1. The number of hydrogen-bond acceptors (Lipinski definition) is 2. The molecule has 0 saturated carbocycles. The summed E-state index contributed by atoms with van der Waals surface area (Å²) in [4.78, 5) is 0. The Hall–Kier alpha value is -0.910. The van der Waals surface area contributed by atoms with Gasteiger partial charge in [0, 0.05) is 25.7 Å². The molecule has 1 aromatic carbocycles. The van der Waals surface area contributed by atoms with Crippen LogP contribution in [-0.2, 0) is 16.6 Å². The first-order valence-corrected chi connectivity index (χ1v) is 10.2. The smallest absolute Gasteiger partial charge is 0.195 e. The van der Waals surface area contributed by atoms with E-state index >= 15 is 0 Å². The van der Waals surface area contributed by atoms with Gasteiger partial charge in [-0.25, -0.2) is 0 Å². The lowest BCUT2D eigenvalue weighted by Gasteiger charge is -2.37. The molecule has 3 unspecified atom stereocenters. The molecule has 2 fully saturated rings. The van der Waals surface area contributed by atoms with Gasteiger partial charge in [-0.3, -0.25) is 0 Å². The van der Waals surface area contributed by atoms with Crippen molar-refractivity contribution in [1.82, 2.24) is 8.61 Å². The molecule has 0 aromatic heterocycles. The molecule has 0 radical (unpaired) electrons. The standard InChI is InChI=1S/C18H28N2O2S/c1-15-11-16(2)14-19(13-15)23(21,22)20-10-6-9-18(20)12-17-7-4-3-5-8-17/h3-5,7-8,15-16,18H,6,9-14H2,1-2H3. The number of rotatable bonds is 4. The van der Waals surface area contributed by atoms with Crippen molar-refractivity contribution >= 4 is 10.2 Å². The molecular formula is C18H28N2O2S. The summed E-state index contributed by atoms with van der Waals surface area (Å²) in [5.41, 5.74) is 1.22. The number of nitrogens with zero attached hydrogens (tertiary/aromatic N) is 2. The van der Waals surface area contributed by atoms with E-state index in [0.29, 0.717) is 31.5 Å². The van der Waals surface area contributed by atoms with Crippen LogP contribution in [0.3, 0.4) is 0 Å². The summed E-state index contributed by atoms with van der Waals surface area (Å²) in [5, 5.41) is 0. The summed E-state index contributed by atoms with van der Waals surface area (Å²) in [6.45, 7) is 6.31. The molecule has 0 N–H and O–H groups in total. The van der Waals surface area contributed by atoms with E-state index in [4.69, 9.17) is 0 Å². The summed E-state index contributed by atoms with van der Waals surface area (Å²) in [5.74, 6) is 0.896. The molecule has 0 aliphatic carbocycles. The second kappa shape index (κ2) is 6.91. The average molecular weight is 337 g/mol. The molecule has 2 aliphatic rings. The Labute approximate surface area is 140 Å². The summed E-state index contributed by atoms with van der Waals surface area (Å²) in [7, 11) is -3.33. The average Bonchev–Trinajstić information content (AvgIpc) is 2.96. The highest BCUT2D eigenvalue weighted by Crippen LogP contribution is 2.30. The first-order valence-electron chi connectivity index (χ1n) is 8.77. The van der Waals surface area contributed by atoms with E-state index < -0.39 is 10.2 Å². The van der Waals surface area contributed by atoms with Gasteiger partial charge < -0.3 is 0 Å². The minimum Gasteiger partial charge on any atom is -0.195 e. The summed E-state index contributed by atoms with van der Waals surface area (Å²) in [6, 6.07) is 10.3. The molecule has 2 heterocycles. The van der Waals surface area contributed by atoms with Crippen LogP contribution < -0.4 is 0 Å². The molecule has 1 aromatic rings. The number of piperidine rings is 1. The highest BCUT2D eigenvalue weighted by molar-refractivity contribution is 7.86. The van der Waals surface area contributed by atoms with Gasteiger partial charge in [-0.05, 0) is 43.1 Å². The second-order valence-electron chi connectivity index (χ2n) is 7.37. The molecule has 0 bridgehead atoms. The molecule has 0 spiro atoms. The van der Waals surface area contributed by atoms with Crippen LogP contribution in [0.25, 0.3) is 0 Å². The van der Waals surface area contributed by atoms with Crippen LogP contribution in [0.4, 0.5) is 0 Å². The van der Waals surface area contributed by atoms with E-state index in [9.17, 15) is 8.42 Å². The Morgan fingerprint density at radius 1 is 1.09 bits per heavy atom. The maximum absolute atomic E-state index is 13.1. The molecule has 4 nitrogen and oxygen atoms in total. The Bertz CT molecular complexity index is 607. The minimum absolute atomic E-state index is 0.106. The van der Waals surface area contributed by atoms with Crippen LogP contribution in [-0.4, -0.2) is 42.7 Å². The SMILES string of the molecule is CC1CC(C)CN(S(=O)(=O)N2CCCC2Cc2ccccc2)C1. The van der Waals surface area contributed by atoms with Crippen molar-refractivity contribution in [1.29, 1.82) is 0 Å². The van der Waals surface area contributed by atoms with Gasteiger partial charge in [0.15, 0.2) is 0 Å². The second-order valence-corrected chi connectivity index (χ2v) is 9.25. The molecular weight excluding hydrogens is 308 g/mol. The predicted octanol–water partition coefficient (Wildman–Crippen LogP) is 2.92. The first-order chi connectivity index (χ1) is 11.0. The fourth-order valence-corrected chi connectivity index (χ4v) is 6.24. The van der Waals surface area contributed by atoms with E-state index in [1.165, 1.54) is 5.56 Å². The quantitative estimate of drug-likeness (QED) is 0.848. The van der Waals surface area contributed by atoms with Gasteiger partial charge in [0.05, 0.1) is 0 Å². The maximum atomic E-state index is 13.1. The Morgan fingerprint density at radius 3 is 2.39 bits per heavy atom. The van der Waals surface area contributed by atoms with Crippen LogP contribution >= 0.6 is 0 Å². The van der Waals surface area contributed by atoms with E-state index in [1.807, 2.05) is 18.2 Å². The van der Waals surface area contributed by atoms with Crippen molar-refractivity contribution in [3.05, 3.63) is 35.9 Å². The Morgan fingerprint density at radius 2 is 1.74 bits per heavy atom. The van der Waals surface area contributed by atoms with Crippen molar-refractivity contribution in [2.75, 3.05) is 19.6 Å². The van der Waals surface area contributed by atoms with Crippen LogP contribution in [0.15, 0.2) is 30.3 Å². The minimum atomic E-state index is -3.33. The fraction of sp³-hybridized carbons (Fsp3) is 0.667. The molecule has 2 aliphatic heterocycles. The van der Waals surface area contributed by atoms with Crippen molar-refractivity contribution < 1.29 is 8.42 Å². The zero-order valence-electron chi connectivity index (χ0n) is 14.2. The summed E-state index contributed by atoms with van der Waals surface area (Å²) < 4.78 is 29.8. The zero-order chi connectivity index (χ0) is 16.4. The van der Waals surface area contributed by atoms with Crippen molar-refractivity contribution in [2.45, 2.75) is 45.6 Å². The lowest BCUT2D eigenvalue weighted by molar-refractivity contribution is 0.206. The topological polar surface area (TPSA) is 40.6 Å². The third-order valence-corrected chi connectivity index (χ3v) is 7.12. The first kappa shape index (κ1) is 16.9. The Balaban J connectivity index is 1.75. The van der Waals surface area contributed by atoms with Gasteiger partial charge in [0.2, 0.25) is 0 Å². The maximum Gasteiger partial charge on any atom is 0.282 e. The number of hydrogen-bond donors (Lipinski definition) is 0. The Kier molecular flexibility index (Phi) is 5.09. The van der Waals surface area contributed by atoms with Gasteiger partial charge in [0.1, 0.15) is 0 Å². The van der Waals surface area contributed by atoms with E-state index in [2.05, 4.69) is 26.0 Å². The monoisotopic (exact) mass is 336 g/mol. The highest BCUT2D eigenvalue weighted by atomic mass is 32.2. The molecule has 128 valence electrons. The lowest BCUT2D eigenvalue weighted by atomic mass is 9.94. The largest absolute Gasteiger partial charge is 0.282 e. The predicted molar refractivity (Wildman–Crippen MR) is 93.3 cm³/mol. The normalized spacial score (nSPS) is 30.6. The van der Waals surface area contributed by atoms with Crippen LogP contribution in [0.5, 0.6) is 0 Å². The fourth-order valence-electron chi connectivity index (χ4n) is 4.15. The van der Waals surface area contributed by atoms with Crippen molar-refractivity contribution in [2.24, 2.45) is 11.8 Å². The summed E-state index contributed by atoms with van der Waals surface area (Å²) in [6.07, 6.45) is 3.88. The van der Waals surface area contributed by atoms with Gasteiger partial charge in [-0.1, -0.05) is 44.2 Å². The highest BCUT2D eigenvalue weighted by Gasteiger charge is 2.40. The van der Waals surface area contributed by atoms with E-state index in [1.54, 1.807) is 8.61 Å². The van der Waals surface area contributed by atoms with Gasteiger partial charge in [-0.15, -0.1) is 0 Å². The molecule has 0 amide bonds. The third-order valence-electron chi connectivity index (χ3n) is 5.10. The van der Waals surface area contributed by atoms with Crippen LogP contribution in [0.1, 0.15) is 38.7 Å². The molecule has 5 heteroatoms. The molecule has 3 atom stereocenters. The lowest BCUT2D eigenvalue weighted by Crippen LogP contribution is -2.51. The van der Waals surface area contributed by atoms with Crippen molar-refractivity contribution in [3.8, 4) is 0 Å². The summed E-state index contributed by atoms with van der Waals surface area (Å²) >= 11 is 0. The van der Waals surface area contributed by atoms with Crippen LogP contribution in [0, 0.1) is 11.8 Å². The van der Waals surface area contributed by atoms with E-state index in [-0.39, 0.29) is 6.04 Å². The molecule has 23 heavy (non-hydrogen) atoms. The molecule has 2 saturated heterocycles. The van der Waals surface area contributed by atoms with E-state index in [0.717, 1.165) is 25.7 Å². The van der Waals surface area contributed by atoms with Gasteiger partial charge in [0.25, 0.3) is 10.2 Å². The van der Waals surface area contributed by atoms with Gasteiger partial charge >= 0.3 is 0 Å². The van der Waals surface area contributed by atoms with Crippen LogP contribution in [0.2, 0.25) is 0 Å². The van der Waals surface area contributed by atoms with Crippen molar-refractivity contribution in [3.63, 3.8) is 0 Å². The molecule has 3 rings (SSSR count).